The van der Waals surface area contributed by atoms with Crippen molar-refractivity contribution >= 4 is 69.5 Å². The molecule has 22 heteroatoms. The van der Waals surface area contributed by atoms with Crippen molar-refractivity contribution in [1.29, 1.82) is 0 Å². The van der Waals surface area contributed by atoms with Gasteiger partial charge in [-0.3, -0.25) is 19.2 Å². The number of esters is 3. The highest BCUT2D eigenvalue weighted by Crippen LogP contribution is 2.51. The number of hydrogen-bond acceptors (Lipinski definition) is 17. The topological polar surface area (TPSA) is 257 Å². The molecule has 0 aromatic heterocycles. The summed E-state index contributed by atoms with van der Waals surface area (Å²) < 4.78 is 53.7. The van der Waals surface area contributed by atoms with Crippen LogP contribution in [-0.4, -0.2) is 118 Å². The van der Waals surface area contributed by atoms with Crippen molar-refractivity contribution in [3.05, 3.63) is 102 Å². The number of rotatable bonds is 14. The van der Waals surface area contributed by atoms with Crippen molar-refractivity contribution in [1.82, 2.24) is 20.4 Å². The van der Waals surface area contributed by atoms with Crippen molar-refractivity contribution in [2.45, 2.75) is 84.8 Å². The van der Waals surface area contributed by atoms with E-state index in [9.17, 15) is 46.8 Å². The molecule has 4 saturated heterocycles. The summed E-state index contributed by atoms with van der Waals surface area (Å²) in [6, 6.07) is 17.5. The average Bonchev–Trinajstić information content (AvgIpc) is 3.61. The molecule has 0 spiro atoms. The summed E-state index contributed by atoms with van der Waals surface area (Å²) in [6.45, 7) is 3.04. The van der Waals surface area contributed by atoms with Crippen LogP contribution in [0.3, 0.4) is 0 Å². The Labute approximate surface area is 370 Å². The largest absolute Gasteiger partial charge is 0.514 e. The molecule has 338 valence electrons. The van der Waals surface area contributed by atoms with Gasteiger partial charge in [-0.2, -0.15) is 0 Å². The van der Waals surface area contributed by atoms with E-state index >= 15 is 0 Å². The van der Waals surface area contributed by atoms with E-state index in [0.29, 0.717) is 5.56 Å². The Bertz CT molecular complexity index is 2470. The van der Waals surface area contributed by atoms with Crippen LogP contribution >= 0.6 is 11.8 Å². The number of thioether (sulfide) groups is 1. The minimum absolute atomic E-state index is 0.0287. The van der Waals surface area contributed by atoms with Crippen LogP contribution in [0, 0.1) is 0 Å². The van der Waals surface area contributed by atoms with E-state index in [0.717, 1.165) is 24.5 Å². The predicted octanol–water partition coefficient (Wildman–Crippen LogP) is 2.25. The first kappa shape index (κ1) is 45.3. The van der Waals surface area contributed by atoms with Crippen LogP contribution in [0.2, 0.25) is 0 Å². The fraction of sp³-hybridized carbons (Fsp3) is 0.381. The molecule has 64 heavy (non-hydrogen) atoms. The van der Waals surface area contributed by atoms with Crippen LogP contribution in [0.15, 0.2) is 84.9 Å². The van der Waals surface area contributed by atoms with Crippen molar-refractivity contribution in [3.8, 4) is 5.75 Å². The molecule has 2 N–H and O–H groups in total. The minimum atomic E-state index is -4.42. The molecule has 0 aliphatic carbocycles. The van der Waals surface area contributed by atoms with Crippen LogP contribution in [0.25, 0.3) is 0 Å². The number of benzene rings is 3. The lowest BCUT2D eigenvalue weighted by Gasteiger charge is -2.44. The maximum atomic E-state index is 14.0. The second kappa shape index (κ2) is 17.8. The quantitative estimate of drug-likeness (QED) is 0.0773. The molecule has 3 aromatic rings. The van der Waals surface area contributed by atoms with Gasteiger partial charge in [-0.1, -0.05) is 72.8 Å². The summed E-state index contributed by atoms with van der Waals surface area (Å²) in [4.78, 5) is 107. The highest BCUT2D eigenvalue weighted by atomic mass is 32.2. The second-order valence-corrected chi connectivity index (χ2v) is 19.9. The van der Waals surface area contributed by atoms with Gasteiger partial charge in [0.2, 0.25) is 24.5 Å². The molecule has 4 heterocycles. The van der Waals surface area contributed by atoms with Crippen molar-refractivity contribution in [2.24, 2.45) is 0 Å². The highest BCUT2D eigenvalue weighted by molar-refractivity contribution is 8.01. The third kappa shape index (κ3) is 8.41. The normalized spacial score (nSPS) is 24.9. The zero-order valence-electron chi connectivity index (χ0n) is 34.6. The number of sulfone groups is 1. The summed E-state index contributed by atoms with van der Waals surface area (Å²) in [5, 5.41) is 2.94. The SMILES string of the molecule is COC(=O)[C@@]1(C)[C@H](C(=O)OCOC(=O)[C@@H]2N3C(=O)[C@@H](NC(=O)C(NC(=O)OCc4ccccc4)c4ccc(OC(=O)OCc5ccccc5)cc4)[C@H]3SC2(C)C)N2C(=O)C[C@H]2S1(=O)=O. The van der Waals surface area contributed by atoms with Crippen LogP contribution in [0.5, 0.6) is 5.75 Å². The van der Waals surface area contributed by atoms with Gasteiger partial charge in [-0.25, -0.2) is 27.6 Å². The van der Waals surface area contributed by atoms with Crippen molar-refractivity contribution < 1.29 is 75.2 Å². The van der Waals surface area contributed by atoms with E-state index in [1.54, 1.807) is 68.4 Å². The van der Waals surface area contributed by atoms with Gasteiger partial charge in [-0.15, -0.1) is 11.8 Å². The zero-order chi connectivity index (χ0) is 46.1. The number of β-lactam (4-membered cyclic amide) rings is 2. The minimum Gasteiger partial charge on any atom is -0.468 e. The van der Waals surface area contributed by atoms with Gasteiger partial charge >= 0.3 is 30.2 Å². The Morgan fingerprint density at radius 1 is 0.781 bits per heavy atom. The molecule has 0 bridgehead atoms. The molecule has 4 aliphatic rings. The number of carbonyl (C=O) groups is 8. The van der Waals surface area contributed by atoms with E-state index < -0.39 is 115 Å². The van der Waals surface area contributed by atoms with Crippen molar-refractivity contribution in [3.63, 3.8) is 0 Å². The molecule has 1 unspecified atom stereocenters. The first-order valence-electron chi connectivity index (χ1n) is 19.6. The lowest BCUT2D eigenvalue weighted by Crippen LogP contribution is -2.71. The fourth-order valence-corrected chi connectivity index (χ4v) is 11.8. The number of carbonyl (C=O) groups excluding carboxylic acids is 8. The molecule has 0 saturated carbocycles. The predicted molar refractivity (Wildman–Crippen MR) is 220 cm³/mol. The average molecular weight is 923 g/mol. The van der Waals surface area contributed by atoms with Crippen molar-refractivity contribution in [2.75, 3.05) is 13.9 Å². The first-order valence-corrected chi connectivity index (χ1v) is 22.0. The maximum Gasteiger partial charge on any atom is 0.514 e. The van der Waals surface area contributed by atoms with Gasteiger partial charge in [0.25, 0.3) is 0 Å². The number of nitrogens with zero attached hydrogens (tertiary/aromatic N) is 2. The Hall–Kier alpha value is -6.68. The van der Waals surface area contributed by atoms with Gasteiger partial charge in [0.05, 0.1) is 13.5 Å². The Morgan fingerprint density at radius 3 is 1.94 bits per heavy atom. The van der Waals surface area contributed by atoms with Gasteiger partial charge in [-0.05, 0) is 49.6 Å². The zero-order valence-corrected chi connectivity index (χ0v) is 36.3. The summed E-state index contributed by atoms with van der Waals surface area (Å²) in [7, 11) is -3.49. The lowest BCUT2D eigenvalue weighted by atomic mass is 9.95. The van der Waals surface area contributed by atoms with Gasteiger partial charge in [0, 0.05) is 4.75 Å². The van der Waals surface area contributed by atoms with E-state index in [-0.39, 0.29) is 24.5 Å². The molecular weight excluding hydrogens is 881 g/mol. The number of methoxy groups -OCH3 is 1. The van der Waals surface area contributed by atoms with Crippen LogP contribution in [0.1, 0.15) is 49.9 Å². The number of hydrogen-bond donors (Lipinski definition) is 2. The van der Waals surface area contributed by atoms with E-state index in [1.807, 2.05) is 6.07 Å². The molecule has 0 radical (unpaired) electrons. The Balaban J connectivity index is 0.992. The number of nitrogens with one attached hydrogen (secondary N) is 2. The number of alkyl carbamates (subject to hydrolysis) is 1. The maximum absolute atomic E-state index is 14.0. The molecule has 7 atom stereocenters. The summed E-state index contributed by atoms with van der Waals surface area (Å²) in [5.41, 5.74) is 1.64. The number of fused-ring (bicyclic) bond motifs is 2. The molecule has 4 aliphatic heterocycles. The fourth-order valence-electron chi connectivity index (χ4n) is 7.86. The van der Waals surface area contributed by atoms with E-state index in [2.05, 4.69) is 15.4 Å². The number of ether oxygens (including phenoxy) is 6. The van der Waals surface area contributed by atoms with Crippen LogP contribution in [-0.2, 0) is 75.5 Å². The standard InChI is InChI=1S/C42H42N4O16S2/c1-41(2)31(36(50)60-22-61-37(51)32-42(3,38(52)57-4)64(55,56)28-19-27(47)45(28)32)46-34(49)30(35(46)63-41)43-33(48)29(44-39(53)58-20-23-11-7-5-8-12-23)25-15-17-26(18-16-25)62-40(54)59-21-24-13-9-6-10-14-24/h5-18,28-32,35H,19-22H2,1-4H3,(H,43,48)(H,44,53)/t28-,29?,30-,31+,32+,35-,42-/m1/s1. The molecule has 4 amide bonds. The summed E-state index contributed by atoms with van der Waals surface area (Å²) >= 11 is 1.17. The summed E-state index contributed by atoms with van der Waals surface area (Å²) in [5.74, 6) is -5.76. The third-order valence-corrected chi connectivity index (χ3v) is 15.5. The molecule has 3 aromatic carbocycles. The van der Waals surface area contributed by atoms with Gasteiger partial charge in [0.1, 0.15) is 47.8 Å². The number of amides is 4. The van der Waals surface area contributed by atoms with Gasteiger partial charge < -0.3 is 48.9 Å². The van der Waals surface area contributed by atoms with Gasteiger partial charge in [0.15, 0.2) is 20.6 Å². The van der Waals surface area contributed by atoms with Crippen LogP contribution < -0.4 is 15.4 Å². The third-order valence-electron chi connectivity index (χ3n) is 11.2. The summed E-state index contributed by atoms with van der Waals surface area (Å²) in [6.07, 6.45) is -2.38. The molecule has 4 fully saturated rings. The van der Waals surface area contributed by atoms with Crippen LogP contribution in [0.4, 0.5) is 9.59 Å². The Morgan fingerprint density at radius 2 is 1.36 bits per heavy atom. The molecule has 20 nitrogen and oxygen atoms in total. The second-order valence-electron chi connectivity index (χ2n) is 15.6. The van der Waals surface area contributed by atoms with E-state index in [1.165, 1.54) is 40.9 Å². The first-order chi connectivity index (χ1) is 30.4. The Kier molecular flexibility index (Phi) is 12.6. The lowest BCUT2D eigenvalue weighted by molar-refractivity contribution is -0.182. The smallest absolute Gasteiger partial charge is 0.468 e. The molecule has 7 rings (SSSR count). The monoisotopic (exact) mass is 922 g/mol. The van der Waals surface area contributed by atoms with E-state index in [4.69, 9.17) is 23.7 Å². The highest BCUT2D eigenvalue weighted by Gasteiger charge is 2.74. The molecular formula is C42H42N4O16S2.